The summed E-state index contributed by atoms with van der Waals surface area (Å²) in [7, 11) is 0. The van der Waals surface area contributed by atoms with E-state index < -0.39 is 0 Å². The molecular formula is C21H13BrN2O3. The number of imide groups is 1. The Morgan fingerprint density at radius 2 is 1.48 bits per heavy atom. The first-order valence-electron chi connectivity index (χ1n) is 8.19. The summed E-state index contributed by atoms with van der Waals surface area (Å²) >= 11 is 3.32. The van der Waals surface area contributed by atoms with E-state index in [0.717, 1.165) is 9.37 Å². The fourth-order valence-corrected chi connectivity index (χ4v) is 3.30. The topological polar surface area (TPSA) is 66.5 Å². The number of amides is 3. The van der Waals surface area contributed by atoms with Gasteiger partial charge in [-0.3, -0.25) is 14.4 Å². The standard InChI is InChI=1S/C21H13BrN2O3/c22-14-6-11-17-18(12-14)21(27)24(20(17)26)16-9-7-15(8-10-16)23-19(25)13-4-2-1-3-5-13/h1-12H,(H,23,25). The fraction of sp³-hybridized carbons (Fsp3) is 0. The molecule has 0 spiro atoms. The average molecular weight is 421 g/mol. The van der Waals surface area contributed by atoms with Crippen molar-refractivity contribution in [1.29, 1.82) is 0 Å². The van der Waals surface area contributed by atoms with Gasteiger partial charge in [-0.1, -0.05) is 34.1 Å². The van der Waals surface area contributed by atoms with Gasteiger partial charge >= 0.3 is 0 Å². The number of halogens is 1. The Balaban J connectivity index is 1.56. The van der Waals surface area contributed by atoms with Crippen LogP contribution in [0.15, 0.2) is 77.3 Å². The van der Waals surface area contributed by atoms with Crippen LogP contribution in [0.1, 0.15) is 31.1 Å². The van der Waals surface area contributed by atoms with Crippen molar-refractivity contribution in [2.24, 2.45) is 0 Å². The van der Waals surface area contributed by atoms with Crippen molar-refractivity contribution in [3.63, 3.8) is 0 Å². The van der Waals surface area contributed by atoms with Gasteiger partial charge in [-0.05, 0) is 54.6 Å². The van der Waals surface area contributed by atoms with Crippen molar-refractivity contribution in [3.05, 3.63) is 94.0 Å². The molecule has 1 N–H and O–H groups in total. The van der Waals surface area contributed by atoms with Crippen LogP contribution in [0, 0.1) is 0 Å². The van der Waals surface area contributed by atoms with Crippen molar-refractivity contribution in [2.75, 3.05) is 10.2 Å². The molecule has 3 aromatic rings. The third-order valence-electron chi connectivity index (χ3n) is 4.27. The normalized spacial score (nSPS) is 12.9. The van der Waals surface area contributed by atoms with Crippen LogP contribution < -0.4 is 10.2 Å². The zero-order chi connectivity index (χ0) is 19.0. The molecule has 1 aliphatic heterocycles. The van der Waals surface area contributed by atoms with Gasteiger partial charge in [0.15, 0.2) is 0 Å². The fourth-order valence-electron chi connectivity index (χ4n) is 2.93. The first kappa shape index (κ1) is 17.2. The van der Waals surface area contributed by atoms with Crippen LogP contribution in [0.2, 0.25) is 0 Å². The van der Waals surface area contributed by atoms with Crippen LogP contribution >= 0.6 is 15.9 Å². The predicted molar refractivity (Wildman–Crippen MR) is 106 cm³/mol. The number of nitrogens with one attached hydrogen (secondary N) is 1. The van der Waals surface area contributed by atoms with Gasteiger partial charge < -0.3 is 5.32 Å². The zero-order valence-electron chi connectivity index (χ0n) is 14.0. The maximum Gasteiger partial charge on any atom is 0.266 e. The van der Waals surface area contributed by atoms with E-state index in [0.29, 0.717) is 28.1 Å². The molecule has 1 aliphatic rings. The lowest BCUT2D eigenvalue weighted by atomic mass is 10.1. The average Bonchev–Trinajstić information content (AvgIpc) is 2.93. The molecule has 1 heterocycles. The molecule has 0 aliphatic carbocycles. The van der Waals surface area contributed by atoms with Gasteiger partial charge in [0.1, 0.15) is 0 Å². The molecule has 6 heteroatoms. The van der Waals surface area contributed by atoms with Gasteiger partial charge in [0.2, 0.25) is 0 Å². The third-order valence-corrected chi connectivity index (χ3v) is 4.76. The Morgan fingerprint density at radius 3 is 2.19 bits per heavy atom. The van der Waals surface area contributed by atoms with Crippen LogP contribution in [0.4, 0.5) is 11.4 Å². The van der Waals surface area contributed by atoms with Crippen LogP contribution in [0.25, 0.3) is 0 Å². The Morgan fingerprint density at radius 1 is 0.815 bits per heavy atom. The minimum atomic E-state index is -0.364. The lowest BCUT2D eigenvalue weighted by Crippen LogP contribution is -2.29. The molecule has 27 heavy (non-hydrogen) atoms. The highest BCUT2D eigenvalue weighted by atomic mass is 79.9. The molecule has 4 rings (SSSR count). The summed E-state index contributed by atoms with van der Waals surface area (Å²) in [6.45, 7) is 0. The maximum absolute atomic E-state index is 12.6. The van der Waals surface area contributed by atoms with Crippen molar-refractivity contribution >= 4 is 45.0 Å². The number of rotatable bonds is 3. The molecule has 0 saturated carbocycles. The number of benzene rings is 3. The quantitative estimate of drug-likeness (QED) is 0.634. The molecular weight excluding hydrogens is 408 g/mol. The summed E-state index contributed by atoms with van der Waals surface area (Å²) in [6, 6.07) is 20.5. The minimum Gasteiger partial charge on any atom is -0.322 e. The first-order chi connectivity index (χ1) is 13.0. The second kappa shape index (κ2) is 6.81. The van der Waals surface area contributed by atoms with E-state index in [-0.39, 0.29) is 17.7 Å². The molecule has 0 fully saturated rings. The summed E-state index contributed by atoms with van der Waals surface area (Å²) in [4.78, 5) is 38.6. The van der Waals surface area contributed by atoms with Crippen molar-refractivity contribution in [1.82, 2.24) is 0 Å². The van der Waals surface area contributed by atoms with E-state index >= 15 is 0 Å². The second-order valence-electron chi connectivity index (χ2n) is 6.00. The van der Waals surface area contributed by atoms with E-state index in [1.54, 1.807) is 66.7 Å². The molecule has 0 aromatic heterocycles. The van der Waals surface area contributed by atoms with E-state index in [9.17, 15) is 14.4 Å². The van der Waals surface area contributed by atoms with Crippen LogP contribution in [-0.2, 0) is 0 Å². The van der Waals surface area contributed by atoms with E-state index in [1.807, 2.05) is 6.07 Å². The number of carbonyl (C=O) groups excluding carboxylic acids is 3. The highest BCUT2D eigenvalue weighted by Crippen LogP contribution is 2.30. The molecule has 0 bridgehead atoms. The van der Waals surface area contributed by atoms with E-state index in [4.69, 9.17) is 0 Å². The summed E-state index contributed by atoms with van der Waals surface area (Å²) in [5, 5.41) is 2.79. The smallest absolute Gasteiger partial charge is 0.266 e. The number of fused-ring (bicyclic) bond motifs is 1. The molecule has 3 amide bonds. The molecule has 0 atom stereocenters. The van der Waals surface area contributed by atoms with Crippen LogP contribution in [0.5, 0.6) is 0 Å². The van der Waals surface area contributed by atoms with Gasteiger partial charge in [-0.15, -0.1) is 0 Å². The number of hydrogen-bond donors (Lipinski definition) is 1. The molecule has 0 saturated heterocycles. The van der Waals surface area contributed by atoms with Gasteiger partial charge in [0, 0.05) is 15.7 Å². The summed E-state index contributed by atoms with van der Waals surface area (Å²) in [6.07, 6.45) is 0. The van der Waals surface area contributed by atoms with Gasteiger partial charge in [-0.2, -0.15) is 0 Å². The first-order valence-corrected chi connectivity index (χ1v) is 8.99. The molecule has 0 radical (unpaired) electrons. The predicted octanol–water partition coefficient (Wildman–Crippen LogP) is 4.50. The zero-order valence-corrected chi connectivity index (χ0v) is 15.6. The maximum atomic E-state index is 12.6. The Kier molecular flexibility index (Phi) is 4.33. The molecule has 5 nitrogen and oxygen atoms in total. The SMILES string of the molecule is O=C(Nc1ccc(N2C(=O)c3ccc(Br)cc3C2=O)cc1)c1ccccc1. The molecule has 0 unspecified atom stereocenters. The van der Waals surface area contributed by atoms with Crippen LogP contribution in [-0.4, -0.2) is 17.7 Å². The molecule has 3 aromatic carbocycles. The van der Waals surface area contributed by atoms with Crippen molar-refractivity contribution < 1.29 is 14.4 Å². The van der Waals surface area contributed by atoms with Gasteiger partial charge in [0.05, 0.1) is 16.8 Å². The van der Waals surface area contributed by atoms with Crippen molar-refractivity contribution in [2.45, 2.75) is 0 Å². The van der Waals surface area contributed by atoms with Gasteiger partial charge in [0.25, 0.3) is 17.7 Å². The third kappa shape index (κ3) is 3.15. The molecule has 132 valence electrons. The lowest BCUT2D eigenvalue weighted by Gasteiger charge is -2.14. The van der Waals surface area contributed by atoms with Crippen LogP contribution in [0.3, 0.4) is 0 Å². The Bertz CT molecular complexity index is 1060. The number of nitrogens with zero attached hydrogens (tertiary/aromatic N) is 1. The number of hydrogen-bond acceptors (Lipinski definition) is 3. The van der Waals surface area contributed by atoms with Crippen molar-refractivity contribution in [3.8, 4) is 0 Å². The van der Waals surface area contributed by atoms with E-state index in [2.05, 4.69) is 21.2 Å². The Labute approximate surface area is 163 Å². The Hall–Kier alpha value is -3.25. The summed E-state index contributed by atoms with van der Waals surface area (Å²) in [5.74, 6) is -0.949. The number of anilines is 2. The summed E-state index contributed by atoms with van der Waals surface area (Å²) < 4.78 is 0.739. The van der Waals surface area contributed by atoms with Gasteiger partial charge in [-0.25, -0.2) is 4.90 Å². The summed E-state index contributed by atoms with van der Waals surface area (Å²) in [5.41, 5.74) is 2.33. The largest absolute Gasteiger partial charge is 0.322 e. The second-order valence-corrected chi connectivity index (χ2v) is 6.92. The monoisotopic (exact) mass is 420 g/mol. The van der Waals surface area contributed by atoms with E-state index in [1.165, 1.54) is 0 Å². The minimum absolute atomic E-state index is 0.228. The highest BCUT2D eigenvalue weighted by molar-refractivity contribution is 9.10. The number of carbonyl (C=O) groups is 3. The highest BCUT2D eigenvalue weighted by Gasteiger charge is 2.36. The lowest BCUT2D eigenvalue weighted by molar-refractivity contribution is 0.0924.